The summed E-state index contributed by atoms with van der Waals surface area (Å²) in [7, 11) is -1.81. The number of hydrogen-bond acceptors (Lipinski definition) is 3. The molecule has 0 atom stereocenters. The van der Waals surface area contributed by atoms with E-state index >= 15 is 0 Å². The second kappa shape index (κ2) is 5.30. The molecule has 0 saturated carbocycles. The summed E-state index contributed by atoms with van der Waals surface area (Å²) in [4.78, 5) is 0. The molecular weight excluding hydrogens is 236 g/mol. The van der Waals surface area contributed by atoms with Crippen LogP contribution in [-0.2, 0) is 15.8 Å². The Morgan fingerprint density at radius 2 is 1.94 bits per heavy atom. The van der Waals surface area contributed by atoms with Crippen molar-refractivity contribution in [3.8, 4) is 6.07 Å². The second-order valence-corrected chi connectivity index (χ2v) is 6.16. The Morgan fingerprint density at radius 3 is 2.47 bits per heavy atom. The molecule has 0 N–H and O–H groups in total. The van der Waals surface area contributed by atoms with E-state index in [1.54, 1.807) is 31.3 Å². The van der Waals surface area contributed by atoms with Crippen LogP contribution in [0.1, 0.15) is 25.0 Å². The first kappa shape index (κ1) is 13.7. The van der Waals surface area contributed by atoms with Crippen LogP contribution in [0.5, 0.6) is 0 Å². The number of rotatable bonds is 4. The maximum Gasteiger partial charge on any atom is 0.218 e. The van der Waals surface area contributed by atoms with Gasteiger partial charge in [0.1, 0.15) is 0 Å². The van der Waals surface area contributed by atoms with Crippen LogP contribution >= 0.6 is 0 Å². The van der Waals surface area contributed by atoms with Gasteiger partial charge in [-0.2, -0.15) is 5.26 Å². The SMILES string of the molecule is CC(C)N(C)S(=O)(=O)Cc1ccccc1C#N. The molecule has 92 valence electrons. The molecule has 0 unspecified atom stereocenters. The molecule has 17 heavy (non-hydrogen) atoms. The van der Waals surface area contributed by atoms with Crippen LogP contribution in [-0.4, -0.2) is 25.8 Å². The van der Waals surface area contributed by atoms with E-state index in [1.807, 2.05) is 19.9 Å². The first-order valence-corrected chi connectivity index (χ1v) is 6.93. The summed E-state index contributed by atoms with van der Waals surface area (Å²) >= 11 is 0. The molecule has 0 bridgehead atoms. The molecule has 5 heteroatoms. The highest BCUT2D eigenvalue weighted by atomic mass is 32.2. The van der Waals surface area contributed by atoms with Gasteiger partial charge in [-0.25, -0.2) is 12.7 Å². The fourth-order valence-electron chi connectivity index (χ4n) is 1.37. The van der Waals surface area contributed by atoms with E-state index in [2.05, 4.69) is 0 Å². The first-order valence-electron chi connectivity index (χ1n) is 5.32. The smallest absolute Gasteiger partial charge is 0.212 e. The van der Waals surface area contributed by atoms with Gasteiger partial charge in [0.25, 0.3) is 0 Å². The highest BCUT2D eigenvalue weighted by molar-refractivity contribution is 7.88. The molecule has 0 aliphatic heterocycles. The molecule has 1 aromatic rings. The number of sulfonamides is 1. The predicted octanol–water partition coefficient (Wildman–Crippen LogP) is 1.73. The molecular formula is C12H16N2O2S. The van der Waals surface area contributed by atoms with Crippen LogP contribution in [0.4, 0.5) is 0 Å². The van der Waals surface area contributed by atoms with E-state index < -0.39 is 10.0 Å². The van der Waals surface area contributed by atoms with Gasteiger partial charge in [-0.05, 0) is 25.5 Å². The highest BCUT2D eigenvalue weighted by Gasteiger charge is 2.22. The van der Waals surface area contributed by atoms with Crippen LogP contribution < -0.4 is 0 Å². The molecule has 1 aromatic carbocycles. The predicted molar refractivity (Wildman–Crippen MR) is 66.7 cm³/mol. The quantitative estimate of drug-likeness (QED) is 0.819. The van der Waals surface area contributed by atoms with Gasteiger partial charge in [0.05, 0.1) is 17.4 Å². The van der Waals surface area contributed by atoms with Gasteiger partial charge >= 0.3 is 0 Å². The third-order valence-corrected chi connectivity index (χ3v) is 4.62. The van der Waals surface area contributed by atoms with Crippen molar-refractivity contribution in [2.75, 3.05) is 7.05 Å². The fraction of sp³-hybridized carbons (Fsp3) is 0.417. The first-order chi connectivity index (χ1) is 7.88. The minimum Gasteiger partial charge on any atom is -0.212 e. The maximum atomic E-state index is 12.0. The van der Waals surface area contributed by atoms with E-state index in [1.165, 1.54) is 4.31 Å². The lowest BCUT2D eigenvalue weighted by atomic mass is 10.1. The summed E-state index contributed by atoms with van der Waals surface area (Å²) in [6.07, 6.45) is 0. The zero-order valence-corrected chi connectivity index (χ0v) is 11.0. The van der Waals surface area contributed by atoms with Gasteiger partial charge in [0, 0.05) is 13.1 Å². The van der Waals surface area contributed by atoms with Crippen molar-refractivity contribution < 1.29 is 8.42 Å². The monoisotopic (exact) mass is 252 g/mol. The van der Waals surface area contributed by atoms with Gasteiger partial charge in [-0.3, -0.25) is 0 Å². The number of benzene rings is 1. The van der Waals surface area contributed by atoms with Crippen molar-refractivity contribution in [2.45, 2.75) is 25.6 Å². The second-order valence-electron chi connectivity index (χ2n) is 4.14. The lowest BCUT2D eigenvalue weighted by molar-refractivity contribution is 0.410. The number of nitrogens with zero attached hydrogens (tertiary/aromatic N) is 2. The molecule has 0 radical (unpaired) electrons. The average molecular weight is 252 g/mol. The molecule has 0 spiro atoms. The zero-order valence-electron chi connectivity index (χ0n) is 10.2. The van der Waals surface area contributed by atoms with Gasteiger partial charge in [-0.1, -0.05) is 18.2 Å². The molecule has 0 aliphatic rings. The molecule has 0 aliphatic carbocycles. The maximum absolute atomic E-state index is 12.0. The minimum atomic E-state index is -3.36. The third-order valence-electron chi connectivity index (χ3n) is 2.64. The largest absolute Gasteiger partial charge is 0.218 e. The molecule has 4 nitrogen and oxygen atoms in total. The molecule has 1 rings (SSSR count). The minimum absolute atomic E-state index is 0.0887. The van der Waals surface area contributed by atoms with Crippen LogP contribution in [0.25, 0.3) is 0 Å². The van der Waals surface area contributed by atoms with Crippen molar-refractivity contribution in [2.24, 2.45) is 0 Å². The Balaban J connectivity index is 3.03. The fourth-order valence-corrected chi connectivity index (χ4v) is 2.87. The van der Waals surface area contributed by atoms with Crippen molar-refractivity contribution in [3.05, 3.63) is 35.4 Å². The Morgan fingerprint density at radius 1 is 1.35 bits per heavy atom. The van der Waals surface area contributed by atoms with Crippen LogP contribution in [0, 0.1) is 11.3 Å². The summed E-state index contributed by atoms with van der Waals surface area (Å²) in [5, 5.41) is 8.90. The normalized spacial score (nSPS) is 11.8. The van der Waals surface area contributed by atoms with Crippen molar-refractivity contribution >= 4 is 10.0 Å². The Bertz CT molecular complexity index is 530. The van der Waals surface area contributed by atoms with E-state index in [0.717, 1.165) is 0 Å². The zero-order chi connectivity index (χ0) is 13.1. The topological polar surface area (TPSA) is 61.2 Å². The van der Waals surface area contributed by atoms with Gasteiger partial charge < -0.3 is 0 Å². The van der Waals surface area contributed by atoms with Gasteiger partial charge in [0.2, 0.25) is 10.0 Å². The molecule has 0 amide bonds. The molecule has 0 saturated heterocycles. The van der Waals surface area contributed by atoms with Crippen molar-refractivity contribution in [1.29, 1.82) is 5.26 Å². The summed E-state index contributed by atoms with van der Waals surface area (Å²) in [6.45, 7) is 3.63. The third kappa shape index (κ3) is 3.29. The van der Waals surface area contributed by atoms with Crippen LogP contribution in [0.3, 0.4) is 0 Å². The van der Waals surface area contributed by atoms with Gasteiger partial charge in [0.15, 0.2) is 0 Å². The van der Waals surface area contributed by atoms with E-state index in [4.69, 9.17) is 5.26 Å². The summed E-state index contributed by atoms with van der Waals surface area (Å²) in [5.74, 6) is -0.134. The standard InChI is InChI=1S/C12H16N2O2S/c1-10(2)14(3)17(15,16)9-12-7-5-4-6-11(12)8-13/h4-7,10H,9H2,1-3H3. The summed E-state index contributed by atoms with van der Waals surface area (Å²) in [6, 6.07) is 8.67. The van der Waals surface area contributed by atoms with Crippen molar-refractivity contribution in [1.82, 2.24) is 4.31 Å². The summed E-state index contributed by atoms with van der Waals surface area (Å²) in [5.41, 5.74) is 0.954. The average Bonchev–Trinajstić information content (AvgIpc) is 2.28. The molecule has 0 aromatic heterocycles. The Kier molecular flexibility index (Phi) is 4.27. The number of hydrogen-bond donors (Lipinski definition) is 0. The summed E-state index contributed by atoms with van der Waals surface area (Å²) < 4.78 is 25.4. The number of nitriles is 1. The molecule has 0 fully saturated rings. The van der Waals surface area contributed by atoms with Crippen LogP contribution in [0.2, 0.25) is 0 Å². The lowest BCUT2D eigenvalue weighted by Gasteiger charge is -2.21. The van der Waals surface area contributed by atoms with Crippen LogP contribution in [0.15, 0.2) is 24.3 Å². The highest BCUT2D eigenvalue weighted by Crippen LogP contribution is 2.15. The Hall–Kier alpha value is -1.38. The lowest BCUT2D eigenvalue weighted by Crippen LogP contribution is -2.34. The van der Waals surface area contributed by atoms with Gasteiger partial charge in [-0.15, -0.1) is 0 Å². The van der Waals surface area contributed by atoms with E-state index in [9.17, 15) is 8.42 Å². The Labute approximate surface area is 103 Å². The van der Waals surface area contributed by atoms with Crippen molar-refractivity contribution in [3.63, 3.8) is 0 Å². The van der Waals surface area contributed by atoms with E-state index in [0.29, 0.717) is 11.1 Å². The molecule has 0 heterocycles. The van der Waals surface area contributed by atoms with E-state index in [-0.39, 0.29) is 11.8 Å².